The Morgan fingerprint density at radius 1 is 0.397 bits per heavy atom. The Kier molecular flexibility index (Phi) is 12.3. The largest absolute Gasteiger partial charge is 0.311 e. The molecule has 2 heterocycles. The molecule has 3 aliphatic rings. The molecular weight excluding hydrogens is 940 g/mol. The maximum absolute atomic E-state index is 2.72. The first-order valence-corrected chi connectivity index (χ1v) is 28.8. The zero-order valence-corrected chi connectivity index (χ0v) is 48.5. The highest BCUT2D eigenvalue weighted by Crippen LogP contribution is 2.53. The smallest absolute Gasteiger partial charge is 0.252 e. The van der Waals surface area contributed by atoms with Crippen LogP contribution in [-0.2, 0) is 27.1 Å². The van der Waals surface area contributed by atoms with Crippen molar-refractivity contribution in [3.63, 3.8) is 0 Å². The summed E-state index contributed by atoms with van der Waals surface area (Å²) in [5, 5.41) is 0. The minimum atomic E-state index is -0.250. The summed E-state index contributed by atoms with van der Waals surface area (Å²) in [6.07, 6.45) is 2.29. The predicted molar refractivity (Wildman–Crippen MR) is 337 cm³/mol. The minimum absolute atomic E-state index is 0.00265. The van der Waals surface area contributed by atoms with Crippen LogP contribution >= 0.6 is 0 Å². The molecule has 0 atom stereocenters. The number of anilines is 6. The van der Waals surface area contributed by atoms with Crippen molar-refractivity contribution < 1.29 is 0 Å². The van der Waals surface area contributed by atoms with E-state index in [0.717, 1.165) is 12.8 Å². The second-order valence-electron chi connectivity index (χ2n) is 26.7. The van der Waals surface area contributed by atoms with Crippen LogP contribution in [0.3, 0.4) is 0 Å². The Balaban J connectivity index is 1.19. The molecule has 0 fully saturated rings. The van der Waals surface area contributed by atoms with Crippen LogP contribution in [0.2, 0.25) is 0 Å². The fraction of sp³-hybridized carbons (Fsp3) is 0.280. The molecule has 2 nitrogen and oxygen atoms in total. The highest BCUT2D eigenvalue weighted by Gasteiger charge is 2.47. The summed E-state index contributed by atoms with van der Waals surface area (Å²) in [4.78, 5) is 5.34. The van der Waals surface area contributed by atoms with E-state index >= 15 is 0 Å². The average molecular weight is 1020 g/mol. The van der Waals surface area contributed by atoms with Crippen molar-refractivity contribution >= 4 is 57.2 Å². The van der Waals surface area contributed by atoms with Crippen molar-refractivity contribution in [1.82, 2.24) is 0 Å². The molecular formula is C75H77BN2. The standard InChI is InChI=1S/C75H77BN2/c1-49(2)53-43-68-70-69(44-53)78(65-38-34-57(71(3,4)5)45-60(65)52-27-23-26-51(42-52)50-24-17-14-18-25-50)67-48-62-61(72(6,7)40-41-73(62,8)9)47-64(67)76(70)63-46-58(75(12,13)55-30-21-16-22-31-55)35-39-66(63)77(68)59-36-32-56(33-37-59)74(10,11)54-28-19-15-20-29-54/h14-39,42-49H,40-41H2,1-13H3. The van der Waals surface area contributed by atoms with Gasteiger partial charge in [-0.05, 0) is 167 Å². The fourth-order valence-corrected chi connectivity index (χ4v) is 13.3. The Bertz CT molecular complexity index is 3740. The molecule has 12 rings (SSSR count). The van der Waals surface area contributed by atoms with E-state index in [9.17, 15) is 0 Å². The molecule has 0 saturated carbocycles. The van der Waals surface area contributed by atoms with Crippen LogP contribution in [-0.4, -0.2) is 6.71 Å². The Morgan fingerprint density at radius 2 is 0.885 bits per heavy atom. The summed E-state index contributed by atoms with van der Waals surface area (Å²) in [6, 6.07) is 77.1. The number of nitrogens with zero attached hydrogens (tertiary/aromatic N) is 2. The molecule has 78 heavy (non-hydrogen) atoms. The van der Waals surface area contributed by atoms with Gasteiger partial charge in [-0.1, -0.05) is 236 Å². The second kappa shape index (κ2) is 18.7. The molecule has 0 spiro atoms. The van der Waals surface area contributed by atoms with Gasteiger partial charge in [0.05, 0.1) is 5.69 Å². The van der Waals surface area contributed by atoms with Crippen molar-refractivity contribution in [1.29, 1.82) is 0 Å². The lowest BCUT2D eigenvalue weighted by Gasteiger charge is -2.48. The summed E-state index contributed by atoms with van der Waals surface area (Å²) in [7, 11) is 0. The van der Waals surface area contributed by atoms with Crippen LogP contribution in [0.5, 0.6) is 0 Å². The molecule has 9 aromatic rings. The molecule has 0 unspecified atom stereocenters. The lowest BCUT2D eigenvalue weighted by Crippen LogP contribution is -2.62. The van der Waals surface area contributed by atoms with E-state index in [1.807, 2.05) is 0 Å². The molecule has 0 N–H and O–H groups in total. The normalized spacial score (nSPS) is 15.4. The number of fused-ring (bicyclic) bond motifs is 5. The topological polar surface area (TPSA) is 6.48 Å². The summed E-state index contributed by atoms with van der Waals surface area (Å²) in [5.74, 6) is 0.271. The summed E-state index contributed by atoms with van der Waals surface area (Å²) < 4.78 is 0. The van der Waals surface area contributed by atoms with E-state index in [1.54, 1.807) is 0 Å². The third-order valence-electron chi connectivity index (χ3n) is 18.7. The zero-order chi connectivity index (χ0) is 54.7. The van der Waals surface area contributed by atoms with E-state index in [-0.39, 0.29) is 39.7 Å². The van der Waals surface area contributed by atoms with Gasteiger partial charge in [-0.2, -0.15) is 0 Å². The van der Waals surface area contributed by atoms with Gasteiger partial charge in [0.25, 0.3) is 6.71 Å². The van der Waals surface area contributed by atoms with Gasteiger partial charge >= 0.3 is 0 Å². The van der Waals surface area contributed by atoms with Crippen LogP contribution < -0.4 is 26.2 Å². The van der Waals surface area contributed by atoms with Crippen molar-refractivity contribution in [2.75, 3.05) is 9.80 Å². The van der Waals surface area contributed by atoms with Gasteiger partial charge < -0.3 is 9.80 Å². The van der Waals surface area contributed by atoms with Crippen LogP contribution in [0.4, 0.5) is 34.1 Å². The fourth-order valence-electron chi connectivity index (χ4n) is 13.3. The van der Waals surface area contributed by atoms with Crippen molar-refractivity contribution in [3.05, 3.63) is 245 Å². The summed E-state index contributed by atoms with van der Waals surface area (Å²) in [5.41, 5.74) is 26.7. The van der Waals surface area contributed by atoms with Crippen LogP contribution in [0.1, 0.15) is 153 Å². The molecule has 0 amide bonds. The first-order valence-electron chi connectivity index (χ1n) is 28.8. The Labute approximate surface area is 467 Å². The molecule has 9 aromatic carbocycles. The molecule has 0 saturated heterocycles. The highest BCUT2D eigenvalue weighted by atomic mass is 15.2. The van der Waals surface area contributed by atoms with Gasteiger partial charge in [0.2, 0.25) is 0 Å². The van der Waals surface area contributed by atoms with E-state index in [4.69, 9.17) is 0 Å². The third kappa shape index (κ3) is 8.55. The number of rotatable bonds is 9. The monoisotopic (exact) mass is 1020 g/mol. The summed E-state index contributed by atoms with van der Waals surface area (Å²) in [6.45, 7) is 31.2. The average Bonchev–Trinajstić information content (AvgIpc) is 3.28. The maximum Gasteiger partial charge on any atom is 0.252 e. The van der Waals surface area contributed by atoms with Gasteiger partial charge in [0.15, 0.2) is 0 Å². The highest BCUT2D eigenvalue weighted by molar-refractivity contribution is 7.00. The second-order valence-corrected chi connectivity index (χ2v) is 26.7. The van der Waals surface area contributed by atoms with Gasteiger partial charge in [0.1, 0.15) is 0 Å². The SMILES string of the molecule is CC(C)c1cc2c3c(c1)N(c1ccc(C(C)(C)C)cc1-c1cccc(-c4ccccc4)c1)c1cc4c(cc1B3c1cc(C(C)(C)c3ccccc3)ccc1N2c1ccc(C(C)(C)c2ccccc2)cc1)C(C)(C)CCC4(C)C. The van der Waals surface area contributed by atoms with E-state index in [2.05, 4.69) is 300 Å². The van der Waals surface area contributed by atoms with Crippen molar-refractivity contribution in [2.24, 2.45) is 0 Å². The van der Waals surface area contributed by atoms with Crippen molar-refractivity contribution in [2.45, 2.75) is 136 Å². The first-order chi connectivity index (χ1) is 37.1. The molecule has 0 radical (unpaired) electrons. The van der Waals surface area contributed by atoms with Gasteiger partial charge in [-0.25, -0.2) is 0 Å². The Hall–Kier alpha value is -7.36. The van der Waals surface area contributed by atoms with Gasteiger partial charge in [-0.15, -0.1) is 0 Å². The van der Waals surface area contributed by atoms with Crippen molar-refractivity contribution in [3.8, 4) is 22.3 Å². The quantitative estimate of drug-likeness (QED) is 0.133. The molecule has 390 valence electrons. The molecule has 0 aromatic heterocycles. The molecule has 0 bridgehead atoms. The zero-order valence-electron chi connectivity index (χ0n) is 48.5. The number of hydrogen-bond acceptors (Lipinski definition) is 2. The molecule has 3 heteroatoms. The third-order valence-corrected chi connectivity index (χ3v) is 18.7. The van der Waals surface area contributed by atoms with Crippen LogP contribution in [0, 0.1) is 0 Å². The molecule has 1 aliphatic carbocycles. The number of benzene rings is 9. The number of hydrogen-bond donors (Lipinski definition) is 0. The lowest BCUT2D eigenvalue weighted by atomic mass is 9.32. The maximum atomic E-state index is 2.72. The van der Waals surface area contributed by atoms with E-state index < -0.39 is 0 Å². The van der Waals surface area contributed by atoms with Crippen LogP contribution in [0.25, 0.3) is 22.3 Å². The van der Waals surface area contributed by atoms with Crippen LogP contribution in [0.15, 0.2) is 200 Å². The van der Waals surface area contributed by atoms with Gasteiger partial charge in [0, 0.05) is 44.8 Å². The van der Waals surface area contributed by atoms with E-state index in [1.165, 1.54) is 117 Å². The van der Waals surface area contributed by atoms with E-state index in [0.29, 0.717) is 0 Å². The first kappa shape index (κ1) is 51.4. The van der Waals surface area contributed by atoms with Gasteiger partial charge in [-0.3, -0.25) is 0 Å². The minimum Gasteiger partial charge on any atom is -0.311 e. The Morgan fingerprint density at radius 3 is 1.49 bits per heavy atom. The predicted octanol–water partition coefficient (Wildman–Crippen LogP) is 18.5. The molecule has 2 aliphatic heterocycles. The summed E-state index contributed by atoms with van der Waals surface area (Å²) >= 11 is 0. The lowest BCUT2D eigenvalue weighted by molar-refractivity contribution is 0.332.